The molecule has 0 fully saturated rings. The molecule has 2 unspecified atom stereocenters. The fourth-order valence-corrected chi connectivity index (χ4v) is 9.65. The van der Waals surface area contributed by atoms with Crippen molar-refractivity contribution >= 4 is 19.8 Å². The van der Waals surface area contributed by atoms with Gasteiger partial charge in [0.15, 0.2) is 6.10 Å². The van der Waals surface area contributed by atoms with Crippen LogP contribution in [0.15, 0.2) is 36.5 Å². The number of esters is 2. The van der Waals surface area contributed by atoms with Gasteiger partial charge in [0.05, 0.1) is 27.7 Å². The van der Waals surface area contributed by atoms with Gasteiger partial charge < -0.3 is 18.9 Å². The van der Waals surface area contributed by atoms with E-state index >= 15 is 0 Å². The van der Waals surface area contributed by atoms with Gasteiger partial charge in [-0.25, -0.2) is 4.57 Å². The smallest absolute Gasteiger partial charge is 0.462 e. The molecule has 0 amide bonds. The molecule has 0 aromatic heterocycles. The quantitative estimate of drug-likeness (QED) is 0.0211. The second-order valence-electron chi connectivity index (χ2n) is 22.1. The van der Waals surface area contributed by atoms with E-state index in [2.05, 4.69) is 50.3 Å². The zero-order valence-corrected chi connectivity index (χ0v) is 49.1. The summed E-state index contributed by atoms with van der Waals surface area (Å²) in [6, 6.07) is 0. The molecule has 0 bridgehead atoms. The molecule has 0 spiro atoms. The first kappa shape index (κ1) is 70.2. The van der Waals surface area contributed by atoms with Crippen molar-refractivity contribution in [2.75, 3.05) is 47.5 Å². The van der Waals surface area contributed by atoms with Gasteiger partial charge in [0, 0.05) is 12.8 Å². The highest BCUT2D eigenvalue weighted by atomic mass is 31.2. The summed E-state index contributed by atoms with van der Waals surface area (Å²) in [5, 5.41) is 0. The van der Waals surface area contributed by atoms with Crippen LogP contribution < -0.4 is 0 Å². The number of hydrogen-bond donors (Lipinski definition) is 1. The van der Waals surface area contributed by atoms with E-state index in [0.717, 1.165) is 44.9 Å². The maximum atomic E-state index is 12.8. The first-order valence-corrected chi connectivity index (χ1v) is 32.2. The molecule has 9 nitrogen and oxygen atoms in total. The molecule has 0 heterocycles. The van der Waals surface area contributed by atoms with Crippen LogP contribution in [0.3, 0.4) is 0 Å². The summed E-state index contributed by atoms with van der Waals surface area (Å²) in [6.45, 7) is 4.47. The summed E-state index contributed by atoms with van der Waals surface area (Å²) in [4.78, 5) is 35.7. The summed E-state index contributed by atoms with van der Waals surface area (Å²) in [6.07, 6.45) is 66.4. The van der Waals surface area contributed by atoms with Crippen LogP contribution >= 0.6 is 7.82 Å². The van der Waals surface area contributed by atoms with Crippen LogP contribution in [0.1, 0.15) is 296 Å². The molecule has 1 N–H and O–H groups in total. The Kier molecular flexibility index (Phi) is 52.7. The van der Waals surface area contributed by atoms with E-state index in [1.807, 2.05) is 21.1 Å². The maximum absolute atomic E-state index is 12.8. The third kappa shape index (κ3) is 57.5. The lowest BCUT2D eigenvalue weighted by Crippen LogP contribution is -2.37. The van der Waals surface area contributed by atoms with Gasteiger partial charge >= 0.3 is 19.8 Å². The number of likely N-dealkylation sites (N-methyl/N-ethyl adjacent to an activating group) is 1. The number of allylic oxidation sites excluding steroid dienone is 6. The minimum Gasteiger partial charge on any atom is -0.462 e. The number of unbranched alkanes of at least 4 members (excludes halogenated alkanes) is 37. The van der Waals surface area contributed by atoms with Crippen LogP contribution in [0, 0.1) is 0 Å². The lowest BCUT2D eigenvalue weighted by molar-refractivity contribution is -0.870. The number of quaternary nitrogens is 1. The Labute approximate surface area is 446 Å². The highest BCUT2D eigenvalue weighted by Crippen LogP contribution is 2.43. The van der Waals surface area contributed by atoms with Gasteiger partial charge in [0.2, 0.25) is 0 Å². The van der Waals surface area contributed by atoms with Crippen LogP contribution in [0.5, 0.6) is 0 Å². The zero-order chi connectivity index (χ0) is 52.7. The molecule has 0 aliphatic heterocycles. The summed E-state index contributed by atoms with van der Waals surface area (Å²) < 4.78 is 34.6. The fourth-order valence-electron chi connectivity index (χ4n) is 8.91. The van der Waals surface area contributed by atoms with Crippen LogP contribution in [0.25, 0.3) is 0 Å². The Morgan fingerprint density at radius 3 is 1.11 bits per heavy atom. The molecule has 10 heteroatoms. The first-order chi connectivity index (χ1) is 35.0. The number of hydrogen-bond acceptors (Lipinski definition) is 7. The van der Waals surface area contributed by atoms with Gasteiger partial charge in [-0.2, -0.15) is 0 Å². The molecule has 424 valence electrons. The predicted molar refractivity (Wildman–Crippen MR) is 307 cm³/mol. The lowest BCUT2D eigenvalue weighted by atomic mass is 10.0. The number of rotatable bonds is 57. The van der Waals surface area contributed by atoms with Crippen molar-refractivity contribution in [2.45, 2.75) is 302 Å². The lowest BCUT2D eigenvalue weighted by Gasteiger charge is -2.24. The number of carbonyl (C=O) groups excluding carboxylic acids is 2. The van der Waals surface area contributed by atoms with E-state index < -0.39 is 26.5 Å². The molecule has 0 rings (SSSR count). The van der Waals surface area contributed by atoms with E-state index in [0.29, 0.717) is 23.9 Å². The van der Waals surface area contributed by atoms with Crippen molar-refractivity contribution in [3.63, 3.8) is 0 Å². The minimum absolute atomic E-state index is 0.0337. The molecule has 72 heavy (non-hydrogen) atoms. The Morgan fingerprint density at radius 1 is 0.431 bits per heavy atom. The summed E-state index contributed by atoms with van der Waals surface area (Å²) in [5.74, 6) is -0.782. The van der Waals surface area contributed by atoms with Crippen molar-refractivity contribution < 1.29 is 42.1 Å². The summed E-state index contributed by atoms with van der Waals surface area (Å²) in [5.41, 5.74) is 0. The average molecular weight is 1040 g/mol. The molecule has 0 saturated carbocycles. The van der Waals surface area contributed by atoms with Crippen LogP contribution in [-0.2, 0) is 32.7 Å². The van der Waals surface area contributed by atoms with E-state index in [1.54, 1.807) is 0 Å². The van der Waals surface area contributed by atoms with Crippen molar-refractivity contribution in [3.05, 3.63) is 36.5 Å². The van der Waals surface area contributed by atoms with Crippen molar-refractivity contribution in [1.82, 2.24) is 0 Å². The molecule has 0 aliphatic rings. The van der Waals surface area contributed by atoms with E-state index in [1.165, 1.54) is 218 Å². The summed E-state index contributed by atoms with van der Waals surface area (Å²) >= 11 is 0. The number of phosphoric ester groups is 1. The van der Waals surface area contributed by atoms with Crippen LogP contribution in [0.2, 0.25) is 0 Å². The molecule has 0 aliphatic carbocycles. The predicted octanol–water partition coefficient (Wildman–Crippen LogP) is 19.2. The number of ether oxygens (including phenoxy) is 2. The largest absolute Gasteiger partial charge is 0.472 e. The van der Waals surface area contributed by atoms with Gasteiger partial charge in [0.1, 0.15) is 19.8 Å². The first-order valence-electron chi connectivity index (χ1n) is 30.7. The topological polar surface area (TPSA) is 108 Å². The second-order valence-corrected chi connectivity index (χ2v) is 23.6. The highest BCUT2D eigenvalue weighted by Gasteiger charge is 2.27. The van der Waals surface area contributed by atoms with E-state index in [4.69, 9.17) is 18.5 Å². The molecule has 0 aromatic rings. The van der Waals surface area contributed by atoms with Crippen LogP contribution in [0.4, 0.5) is 0 Å². The Balaban J connectivity index is 4.09. The molecule has 2 atom stereocenters. The molecule has 0 radical (unpaired) electrons. The van der Waals surface area contributed by atoms with Gasteiger partial charge in [-0.15, -0.1) is 0 Å². The van der Waals surface area contributed by atoms with E-state index in [-0.39, 0.29) is 25.6 Å². The fraction of sp³-hybridized carbons (Fsp3) is 0.871. The standard InChI is InChI=1S/C62H118NO8P/c1-6-8-10-12-14-16-18-20-22-24-26-27-28-29-30-31-32-33-34-35-37-39-41-43-45-47-49-51-53-55-62(65)71-60(59-70-72(66,67)69-57-56-63(3,4)5)58-68-61(64)54-52-50-48-46-44-42-40-38-36-25-23-21-19-17-15-13-11-9-7-2/h18,20,24,26,28-29,60H,6-17,19,21-23,25,27,30-59H2,1-5H3/p+1/b20-18-,26-24-,29-28-. The van der Waals surface area contributed by atoms with Crippen molar-refractivity contribution in [1.29, 1.82) is 0 Å². The third-order valence-electron chi connectivity index (χ3n) is 13.7. The van der Waals surface area contributed by atoms with Crippen molar-refractivity contribution in [3.8, 4) is 0 Å². The maximum Gasteiger partial charge on any atom is 0.472 e. The monoisotopic (exact) mass is 1040 g/mol. The Morgan fingerprint density at radius 2 is 0.750 bits per heavy atom. The second kappa shape index (κ2) is 54.0. The van der Waals surface area contributed by atoms with Gasteiger partial charge in [-0.1, -0.05) is 269 Å². The van der Waals surface area contributed by atoms with Gasteiger partial charge in [-0.05, 0) is 51.4 Å². The van der Waals surface area contributed by atoms with Gasteiger partial charge in [-0.3, -0.25) is 18.6 Å². The minimum atomic E-state index is -4.38. The Hall–Kier alpha value is -1.77. The van der Waals surface area contributed by atoms with E-state index in [9.17, 15) is 19.0 Å². The van der Waals surface area contributed by atoms with Gasteiger partial charge in [0.25, 0.3) is 0 Å². The van der Waals surface area contributed by atoms with Crippen molar-refractivity contribution in [2.24, 2.45) is 0 Å². The molecule has 0 saturated heterocycles. The molecular weight excluding hydrogens is 918 g/mol. The highest BCUT2D eigenvalue weighted by molar-refractivity contribution is 7.47. The third-order valence-corrected chi connectivity index (χ3v) is 14.7. The zero-order valence-electron chi connectivity index (χ0n) is 48.2. The molecule has 0 aromatic carbocycles. The number of nitrogens with zero attached hydrogens (tertiary/aromatic N) is 1. The Bertz CT molecular complexity index is 1310. The SMILES string of the molecule is CCCCCCC/C=C\C/C=C\C/C=C\CCCCCCCCCCCCCCCCC(=O)OC(COC(=O)CCCCCCCCCCCCCCCCCCCCC)COP(=O)(O)OCC[N+](C)(C)C. The molecular formula is C62H119NO8P+. The number of phosphoric acid groups is 1. The number of carbonyl (C=O) groups is 2. The van der Waals surface area contributed by atoms with Crippen LogP contribution in [-0.4, -0.2) is 74.9 Å². The normalized spacial score (nSPS) is 13.5. The summed E-state index contributed by atoms with van der Waals surface area (Å²) in [7, 11) is 1.49. The average Bonchev–Trinajstić information content (AvgIpc) is 3.34.